The van der Waals surface area contributed by atoms with Gasteiger partial charge in [-0.25, -0.2) is 9.59 Å². The van der Waals surface area contributed by atoms with Crippen LogP contribution in [-0.4, -0.2) is 58.8 Å². The van der Waals surface area contributed by atoms with E-state index in [0.717, 1.165) is 5.57 Å². The van der Waals surface area contributed by atoms with Crippen LogP contribution in [0.2, 0.25) is 0 Å². The van der Waals surface area contributed by atoms with Gasteiger partial charge in [0.2, 0.25) is 5.78 Å². The van der Waals surface area contributed by atoms with Crippen molar-refractivity contribution in [3.63, 3.8) is 0 Å². The Morgan fingerprint density at radius 2 is 1.95 bits per heavy atom. The Hall–Kier alpha value is -4.06. The highest BCUT2D eigenvalue weighted by molar-refractivity contribution is 5.96. The van der Waals surface area contributed by atoms with Gasteiger partial charge in [-0.1, -0.05) is 43.7 Å². The predicted molar refractivity (Wildman–Crippen MR) is 152 cm³/mol. The van der Waals surface area contributed by atoms with Gasteiger partial charge in [-0.2, -0.15) is 0 Å². The van der Waals surface area contributed by atoms with E-state index in [1.807, 2.05) is 19.9 Å². The lowest BCUT2D eigenvalue weighted by Crippen LogP contribution is -2.63. The maximum absolute atomic E-state index is 14.1. The third-order valence-electron chi connectivity index (χ3n) is 10.4. The number of allylic oxidation sites excluding steroid dienone is 4. The van der Waals surface area contributed by atoms with Crippen molar-refractivity contribution >= 4 is 23.7 Å². The number of esters is 1. The number of aliphatic hydroxyl groups is 1. The number of carbonyl (C=O) groups is 4. The number of hydrogen-bond acceptors (Lipinski definition) is 11. The topological polar surface area (TPSA) is 169 Å². The fraction of sp³-hybridized carbons (Fsp3) is 0.562. The monoisotopic (exact) mass is 611 g/mol. The van der Waals surface area contributed by atoms with Crippen molar-refractivity contribution in [2.75, 3.05) is 13.2 Å². The number of Topliss-reactive ketones (excluding diaryl/α,β-unsaturated/α-hetero) is 1. The van der Waals surface area contributed by atoms with Crippen LogP contribution >= 0.6 is 0 Å². The molecule has 12 nitrogen and oxygen atoms in total. The maximum atomic E-state index is 14.1. The Bertz CT molecular complexity index is 1430. The van der Waals surface area contributed by atoms with Gasteiger partial charge in [0.15, 0.2) is 18.0 Å². The van der Waals surface area contributed by atoms with Gasteiger partial charge in [0.05, 0.1) is 18.3 Å². The molecule has 1 N–H and O–H groups in total. The first-order valence-electron chi connectivity index (χ1n) is 14.9. The molecule has 1 aromatic rings. The van der Waals surface area contributed by atoms with Crippen LogP contribution in [0.5, 0.6) is 0 Å². The van der Waals surface area contributed by atoms with Crippen LogP contribution in [0, 0.1) is 38.7 Å². The summed E-state index contributed by atoms with van der Waals surface area (Å²) in [5.74, 6) is -1.80. The average Bonchev–Trinajstić information content (AvgIpc) is 3.27. The predicted octanol–water partition coefficient (Wildman–Crippen LogP) is 4.31. The van der Waals surface area contributed by atoms with Crippen LogP contribution in [0.25, 0.3) is 0 Å². The molecule has 0 heterocycles. The van der Waals surface area contributed by atoms with E-state index in [0.29, 0.717) is 24.8 Å². The van der Waals surface area contributed by atoms with Crippen molar-refractivity contribution < 1.29 is 48.4 Å². The van der Waals surface area contributed by atoms with Gasteiger partial charge in [-0.05, 0) is 68.2 Å². The second kappa shape index (κ2) is 11.8. The summed E-state index contributed by atoms with van der Waals surface area (Å²) in [4.78, 5) is 66.9. The van der Waals surface area contributed by atoms with E-state index in [9.17, 15) is 34.4 Å². The highest BCUT2D eigenvalue weighted by atomic mass is 16.9. The Morgan fingerprint density at radius 1 is 1.18 bits per heavy atom. The number of ether oxygens (including phenoxy) is 3. The summed E-state index contributed by atoms with van der Waals surface area (Å²) in [5, 5.41) is 21.3. The van der Waals surface area contributed by atoms with Gasteiger partial charge in [0.25, 0.3) is 5.09 Å². The van der Waals surface area contributed by atoms with E-state index in [-0.39, 0.29) is 55.2 Å². The summed E-state index contributed by atoms with van der Waals surface area (Å²) in [6, 6.07) is 5.85. The van der Waals surface area contributed by atoms with Crippen LogP contribution in [0.15, 0.2) is 48.1 Å². The zero-order valence-electron chi connectivity index (χ0n) is 25.0. The van der Waals surface area contributed by atoms with Gasteiger partial charge < -0.3 is 24.2 Å². The van der Waals surface area contributed by atoms with Crippen LogP contribution in [0.4, 0.5) is 4.79 Å². The maximum Gasteiger partial charge on any atom is 0.509 e. The van der Waals surface area contributed by atoms with Gasteiger partial charge >= 0.3 is 12.1 Å². The van der Waals surface area contributed by atoms with E-state index in [1.54, 1.807) is 19.1 Å². The molecular formula is C32H37NO11. The lowest BCUT2D eigenvalue weighted by atomic mass is 9.47. The van der Waals surface area contributed by atoms with E-state index in [1.165, 1.54) is 18.2 Å². The summed E-state index contributed by atoms with van der Waals surface area (Å²) in [6.45, 7) is 4.47. The zero-order valence-corrected chi connectivity index (χ0v) is 25.0. The summed E-state index contributed by atoms with van der Waals surface area (Å²) in [5.41, 5.74) is -1.81. The fourth-order valence-corrected chi connectivity index (χ4v) is 8.44. The summed E-state index contributed by atoms with van der Waals surface area (Å²) >= 11 is 0. The van der Waals surface area contributed by atoms with Gasteiger partial charge in [-0.15, -0.1) is 10.1 Å². The van der Waals surface area contributed by atoms with E-state index in [4.69, 9.17) is 14.2 Å². The van der Waals surface area contributed by atoms with Gasteiger partial charge in [0, 0.05) is 23.2 Å². The number of fused-ring (bicyclic) bond motifs is 5. The molecule has 5 rings (SSSR count). The standard InChI is InChI=1S/C32H37NO11/c1-4-41-29(38)44-32(26(36)18-42-28(37)20-7-5-6-19(14-20)17-43-33(39)40)13-11-24-23-9-8-21-15-22(34)10-12-30(21,2)27(23)25(35)16-31(24,32)3/h5-8,10,12,14,23-25,27,35H,4,9,11,13,15-18H2,1-3H3/t23-,24-,25-,27+,30-,31-,32-/m0/s1. The average molecular weight is 612 g/mol. The molecule has 0 aliphatic heterocycles. The highest BCUT2D eigenvalue weighted by Crippen LogP contribution is 2.67. The van der Waals surface area contributed by atoms with E-state index < -0.39 is 52.1 Å². The Labute approximate surface area is 254 Å². The minimum Gasteiger partial charge on any atom is -0.454 e. The number of nitrogens with zero attached hydrogens (tertiary/aromatic N) is 1. The first-order chi connectivity index (χ1) is 20.8. The normalized spacial score (nSPS) is 33.6. The number of aliphatic hydroxyl groups excluding tert-OH is 1. The van der Waals surface area contributed by atoms with Crippen molar-refractivity contribution in [3.05, 3.63) is 69.3 Å². The van der Waals surface area contributed by atoms with Gasteiger partial charge in [-0.3, -0.25) is 9.59 Å². The van der Waals surface area contributed by atoms with Gasteiger partial charge in [0.1, 0.15) is 6.61 Å². The quantitative estimate of drug-likeness (QED) is 0.183. The molecule has 44 heavy (non-hydrogen) atoms. The third kappa shape index (κ3) is 5.29. The second-order valence-electron chi connectivity index (χ2n) is 12.6. The van der Waals surface area contributed by atoms with Crippen molar-refractivity contribution in [1.82, 2.24) is 0 Å². The minimum absolute atomic E-state index is 0.0268. The number of ketones is 2. The first kappa shape index (κ1) is 31.4. The molecule has 236 valence electrons. The van der Waals surface area contributed by atoms with Crippen LogP contribution < -0.4 is 0 Å². The number of hydrogen-bond donors (Lipinski definition) is 1. The van der Waals surface area contributed by atoms with Crippen LogP contribution in [0.3, 0.4) is 0 Å². The van der Waals surface area contributed by atoms with Crippen molar-refractivity contribution in [1.29, 1.82) is 0 Å². The molecule has 0 spiro atoms. The molecule has 0 bridgehead atoms. The molecule has 0 aromatic heterocycles. The SMILES string of the molecule is CCOC(=O)O[C@]1(C(=O)COC(=O)c2cccc(CO[N+](=O)[O-])c2)CC[C@H]2[C@@H]3CC=C4CC(=O)C=C[C@]4(C)[C@H]3[C@@H](O)C[C@@]21C. The first-order valence-corrected chi connectivity index (χ1v) is 14.9. The number of carbonyl (C=O) groups excluding carboxylic acids is 4. The molecule has 7 atom stereocenters. The highest BCUT2D eigenvalue weighted by Gasteiger charge is 2.70. The van der Waals surface area contributed by atoms with E-state index >= 15 is 0 Å². The Balaban J connectivity index is 1.41. The lowest BCUT2D eigenvalue weighted by Gasteiger charge is -2.59. The van der Waals surface area contributed by atoms with Crippen LogP contribution in [-0.2, 0) is 35.2 Å². The second-order valence-corrected chi connectivity index (χ2v) is 12.6. The molecule has 2 saturated carbocycles. The van der Waals surface area contributed by atoms with Crippen molar-refractivity contribution in [3.8, 4) is 0 Å². The minimum atomic E-state index is -1.72. The molecule has 1 aromatic carbocycles. The molecule has 0 amide bonds. The third-order valence-corrected chi connectivity index (χ3v) is 10.4. The molecule has 12 heteroatoms. The lowest BCUT2D eigenvalue weighted by molar-refractivity contribution is -0.763. The molecule has 0 unspecified atom stereocenters. The smallest absolute Gasteiger partial charge is 0.454 e. The Morgan fingerprint density at radius 3 is 2.68 bits per heavy atom. The molecular weight excluding hydrogens is 574 g/mol. The molecule has 0 radical (unpaired) electrons. The molecule has 2 fully saturated rings. The summed E-state index contributed by atoms with van der Waals surface area (Å²) in [6.07, 6.45) is 5.46. The largest absolute Gasteiger partial charge is 0.509 e. The van der Waals surface area contributed by atoms with Crippen molar-refractivity contribution in [2.45, 2.75) is 71.2 Å². The number of rotatable bonds is 9. The Kier molecular flexibility index (Phi) is 8.41. The molecule has 4 aliphatic rings. The zero-order chi connectivity index (χ0) is 31.9. The van der Waals surface area contributed by atoms with Crippen molar-refractivity contribution in [2.24, 2.45) is 28.6 Å². The fourth-order valence-electron chi connectivity index (χ4n) is 8.44. The summed E-state index contributed by atoms with van der Waals surface area (Å²) < 4.78 is 16.4. The van der Waals surface area contributed by atoms with Crippen LogP contribution in [0.1, 0.15) is 68.8 Å². The number of benzene rings is 1. The molecule has 4 aliphatic carbocycles. The molecule has 0 saturated heterocycles. The van der Waals surface area contributed by atoms with E-state index in [2.05, 4.69) is 10.9 Å². The summed E-state index contributed by atoms with van der Waals surface area (Å²) in [7, 11) is 0.